The predicted molar refractivity (Wildman–Crippen MR) is 75.2 cm³/mol. The van der Waals surface area contributed by atoms with Gasteiger partial charge in [-0.1, -0.05) is 6.92 Å². The van der Waals surface area contributed by atoms with E-state index in [1.165, 1.54) is 4.90 Å². The van der Waals surface area contributed by atoms with Gasteiger partial charge in [0, 0.05) is 17.8 Å². The number of nitrogen functional groups attached to an aromatic ring is 1. The molecule has 20 heavy (non-hydrogen) atoms. The van der Waals surface area contributed by atoms with Gasteiger partial charge in [0.05, 0.1) is 12.3 Å². The Hall–Kier alpha value is -1.59. The van der Waals surface area contributed by atoms with Crippen molar-refractivity contribution in [3.63, 3.8) is 0 Å². The number of hydrogen-bond acceptors (Lipinski definition) is 3. The van der Waals surface area contributed by atoms with Crippen molar-refractivity contribution in [1.29, 1.82) is 0 Å². The predicted octanol–water partition coefficient (Wildman–Crippen LogP) is 3.83. The van der Waals surface area contributed by atoms with Crippen molar-refractivity contribution >= 4 is 11.4 Å². The summed E-state index contributed by atoms with van der Waals surface area (Å²) in [6, 6.07) is 4.45. The van der Waals surface area contributed by atoms with E-state index in [0.717, 1.165) is 6.42 Å². The zero-order chi connectivity index (χ0) is 15.3. The van der Waals surface area contributed by atoms with E-state index < -0.39 is 12.7 Å². The monoisotopic (exact) mass is 290 g/mol. The Morgan fingerprint density at radius 2 is 1.95 bits per heavy atom. The van der Waals surface area contributed by atoms with E-state index in [1.807, 2.05) is 6.92 Å². The number of anilines is 2. The molecule has 0 aliphatic heterocycles. The molecule has 1 rings (SSSR count). The van der Waals surface area contributed by atoms with Gasteiger partial charge >= 0.3 is 6.18 Å². The highest BCUT2D eigenvalue weighted by atomic mass is 19.4. The van der Waals surface area contributed by atoms with E-state index in [2.05, 4.69) is 0 Å². The number of alkyl halides is 3. The third-order valence-electron chi connectivity index (χ3n) is 2.76. The SMILES string of the molecule is CCCOc1cc(N(CC(F)(F)F)C(C)C)ccc1N. The Balaban J connectivity index is 3.02. The van der Waals surface area contributed by atoms with Crippen molar-refractivity contribution in [2.45, 2.75) is 39.4 Å². The summed E-state index contributed by atoms with van der Waals surface area (Å²) in [5.74, 6) is 0.428. The number of hydrogen-bond donors (Lipinski definition) is 1. The highest BCUT2D eigenvalue weighted by Crippen LogP contribution is 2.31. The molecule has 0 aromatic heterocycles. The van der Waals surface area contributed by atoms with Gasteiger partial charge in [-0.05, 0) is 32.4 Å². The number of halogens is 3. The van der Waals surface area contributed by atoms with Gasteiger partial charge in [0.2, 0.25) is 0 Å². The van der Waals surface area contributed by atoms with Gasteiger partial charge in [-0.3, -0.25) is 0 Å². The quantitative estimate of drug-likeness (QED) is 0.809. The molecule has 2 N–H and O–H groups in total. The van der Waals surface area contributed by atoms with Crippen LogP contribution < -0.4 is 15.4 Å². The molecule has 0 heterocycles. The first-order valence-corrected chi connectivity index (χ1v) is 6.60. The lowest BCUT2D eigenvalue weighted by molar-refractivity contribution is -0.120. The number of benzene rings is 1. The zero-order valence-corrected chi connectivity index (χ0v) is 12.0. The van der Waals surface area contributed by atoms with Crippen LogP contribution in [0, 0.1) is 0 Å². The van der Waals surface area contributed by atoms with Crippen LogP contribution in [0.25, 0.3) is 0 Å². The Labute approximate surface area is 117 Å². The molecule has 0 radical (unpaired) electrons. The van der Waals surface area contributed by atoms with Crippen LogP contribution in [0.4, 0.5) is 24.5 Å². The van der Waals surface area contributed by atoms with E-state index in [4.69, 9.17) is 10.5 Å². The number of nitrogens with zero attached hydrogens (tertiary/aromatic N) is 1. The third kappa shape index (κ3) is 4.83. The average molecular weight is 290 g/mol. The lowest BCUT2D eigenvalue weighted by Crippen LogP contribution is -2.39. The van der Waals surface area contributed by atoms with Crippen molar-refractivity contribution in [3.8, 4) is 5.75 Å². The molecule has 0 fully saturated rings. The molecular weight excluding hydrogens is 269 g/mol. The van der Waals surface area contributed by atoms with Crippen LogP contribution in [0.3, 0.4) is 0 Å². The fourth-order valence-corrected chi connectivity index (χ4v) is 1.80. The highest BCUT2D eigenvalue weighted by molar-refractivity contribution is 5.62. The van der Waals surface area contributed by atoms with E-state index in [1.54, 1.807) is 32.0 Å². The van der Waals surface area contributed by atoms with Crippen LogP contribution in [0.2, 0.25) is 0 Å². The molecule has 3 nitrogen and oxygen atoms in total. The van der Waals surface area contributed by atoms with E-state index >= 15 is 0 Å². The third-order valence-corrected chi connectivity index (χ3v) is 2.76. The first kappa shape index (κ1) is 16.5. The van der Waals surface area contributed by atoms with Crippen molar-refractivity contribution in [2.75, 3.05) is 23.8 Å². The van der Waals surface area contributed by atoms with Crippen LogP contribution in [-0.2, 0) is 0 Å². The minimum atomic E-state index is -4.25. The number of rotatable bonds is 6. The molecule has 0 amide bonds. The van der Waals surface area contributed by atoms with Gasteiger partial charge in [0.15, 0.2) is 0 Å². The molecular formula is C14H21F3N2O. The normalized spacial score (nSPS) is 11.8. The molecule has 0 saturated carbocycles. The summed E-state index contributed by atoms with van der Waals surface area (Å²) in [4.78, 5) is 1.28. The van der Waals surface area contributed by atoms with Crippen LogP contribution in [0.5, 0.6) is 5.75 Å². The van der Waals surface area contributed by atoms with E-state index in [0.29, 0.717) is 23.7 Å². The van der Waals surface area contributed by atoms with Crippen LogP contribution in [-0.4, -0.2) is 25.4 Å². The van der Waals surface area contributed by atoms with Crippen LogP contribution >= 0.6 is 0 Å². The molecule has 114 valence electrons. The number of ether oxygens (including phenoxy) is 1. The van der Waals surface area contributed by atoms with Crippen LogP contribution in [0.1, 0.15) is 27.2 Å². The minimum Gasteiger partial charge on any atom is -0.491 e. The number of nitrogens with two attached hydrogens (primary N) is 1. The molecule has 1 aromatic carbocycles. The Bertz CT molecular complexity index is 433. The fourth-order valence-electron chi connectivity index (χ4n) is 1.80. The van der Waals surface area contributed by atoms with Gasteiger partial charge in [-0.2, -0.15) is 13.2 Å². The fraction of sp³-hybridized carbons (Fsp3) is 0.571. The summed E-state index contributed by atoms with van der Waals surface area (Å²) >= 11 is 0. The van der Waals surface area contributed by atoms with Gasteiger partial charge in [-0.15, -0.1) is 0 Å². The van der Waals surface area contributed by atoms with Crippen molar-refractivity contribution < 1.29 is 17.9 Å². The summed E-state index contributed by atoms with van der Waals surface area (Å²) < 4.78 is 43.4. The summed E-state index contributed by atoms with van der Waals surface area (Å²) in [7, 11) is 0. The summed E-state index contributed by atoms with van der Waals surface area (Å²) in [6.07, 6.45) is -3.45. The summed E-state index contributed by atoms with van der Waals surface area (Å²) in [5, 5.41) is 0. The second kappa shape index (κ2) is 6.72. The molecule has 0 saturated heterocycles. The van der Waals surface area contributed by atoms with Gasteiger partial charge in [-0.25, -0.2) is 0 Å². The van der Waals surface area contributed by atoms with Crippen LogP contribution in [0.15, 0.2) is 18.2 Å². The maximum Gasteiger partial charge on any atom is 0.405 e. The summed E-state index contributed by atoms with van der Waals surface area (Å²) in [5.41, 5.74) is 6.65. The van der Waals surface area contributed by atoms with Gasteiger partial charge in [0.25, 0.3) is 0 Å². The standard InChI is InChI=1S/C14H21F3N2O/c1-4-7-20-13-8-11(5-6-12(13)18)19(10(2)3)9-14(15,16)17/h5-6,8,10H,4,7,9,18H2,1-3H3. The molecule has 0 aliphatic carbocycles. The lowest BCUT2D eigenvalue weighted by atomic mass is 10.2. The molecule has 1 aromatic rings. The molecule has 0 bridgehead atoms. The van der Waals surface area contributed by atoms with E-state index in [9.17, 15) is 13.2 Å². The smallest absolute Gasteiger partial charge is 0.405 e. The second-order valence-electron chi connectivity index (χ2n) is 4.91. The Morgan fingerprint density at radius 3 is 2.45 bits per heavy atom. The molecule has 6 heteroatoms. The lowest BCUT2D eigenvalue weighted by Gasteiger charge is -2.30. The molecule has 0 unspecified atom stereocenters. The zero-order valence-electron chi connectivity index (χ0n) is 12.0. The first-order valence-electron chi connectivity index (χ1n) is 6.60. The minimum absolute atomic E-state index is 0.278. The topological polar surface area (TPSA) is 38.5 Å². The molecule has 0 aliphatic rings. The Morgan fingerprint density at radius 1 is 1.30 bits per heavy atom. The maximum absolute atomic E-state index is 12.6. The second-order valence-corrected chi connectivity index (χ2v) is 4.91. The Kier molecular flexibility index (Phi) is 5.53. The highest BCUT2D eigenvalue weighted by Gasteiger charge is 2.32. The largest absolute Gasteiger partial charge is 0.491 e. The molecule has 0 spiro atoms. The summed E-state index contributed by atoms with van der Waals surface area (Å²) in [6.45, 7) is 4.86. The van der Waals surface area contributed by atoms with Gasteiger partial charge < -0.3 is 15.4 Å². The molecule has 0 atom stereocenters. The van der Waals surface area contributed by atoms with E-state index in [-0.39, 0.29) is 6.04 Å². The van der Waals surface area contributed by atoms with Crippen molar-refractivity contribution in [2.24, 2.45) is 0 Å². The van der Waals surface area contributed by atoms with Crippen molar-refractivity contribution in [1.82, 2.24) is 0 Å². The van der Waals surface area contributed by atoms with Gasteiger partial charge in [0.1, 0.15) is 12.3 Å². The maximum atomic E-state index is 12.6. The average Bonchev–Trinajstić information content (AvgIpc) is 2.34. The first-order chi connectivity index (χ1) is 9.24. The van der Waals surface area contributed by atoms with Crippen molar-refractivity contribution in [3.05, 3.63) is 18.2 Å².